The molecule has 0 unspecified atom stereocenters. The number of benzene rings is 2. The predicted molar refractivity (Wildman–Crippen MR) is 120 cm³/mol. The molecule has 1 saturated heterocycles. The van der Waals surface area contributed by atoms with Crippen LogP contribution in [0.3, 0.4) is 0 Å². The quantitative estimate of drug-likeness (QED) is 0.547. The number of fused-ring (bicyclic) bond motifs is 2. The molecule has 31 heavy (non-hydrogen) atoms. The average Bonchev–Trinajstić information content (AvgIpc) is 3.29. The summed E-state index contributed by atoms with van der Waals surface area (Å²) in [6, 6.07) is 12.5. The van der Waals surface area contributed by atoms with Crippen molar-refractivity contribution in [2.45, 2.75) is 32.4 Å². The first-order valence-corrected chi connectivity index (χ1v) is 10.8. The summed E-state index contributed by atoms with van der Waals surface area (Å²) in [6.45, 7) is 4.14. The van der Waals surface area contributed by atoms with Crippen molar-refractivity contribution in [3.05, 3.63) is 53.8 Å². The van der Waals surface area contributed by atoms with Crippen LogP contribution in [0.5, 0.6) is 0 Å². The first-order valence-electron chi connectivity index (χ1n) is 10.8. The van der Waals surface area contributed by atoms with Crippen LogP contribution in [-0.2, 0) is 13.6 Å². The zero-order valence-electron chi connectivity index (χ0n) is 17.8. The third kappa shape index (κ3) is 3.29. The number of carbonyl (C=O) groups excluding carboxylic acids is 1. The van der Waals surface area contributed by atoms with Crippen molar-refractivity contribution in [3.63, 3.8) is 0 Å². The monoisotopic (exact) mass is 419 g/mol. The molecule has 160 valence electrons. The maximum Gasteiger partial charge on any atom is 0.253 e. The van der Waals surface area contributed by atoms with Gasteiger partial charge in [0.1, 0.15) is 5.82 Å². The molecular formula is C24H26FN5O. The number of carbonyl (C=O) groups is 1. The lowest BCUT2D eigenvalue weighted by Crippen LogP contribution is -2.45. The van der Waals surface area contributed by atoms with Gasteiger partial charge in [-0.25, -0.2) is 9.37 Å². The summed E-state index contributed by atoms with van der Waals surface area (Å²) in [5, 5.41) is 0.848. The highest BCUT2D eigenvalue weighted by Crippen LogP contribution is 2.31. The number of nitrogens with two attached hydrogens (primary N) is 1. The van der Waals surface area contributed by atoms with Crippen molar-refractivity contribution >= 4 is 27.8 Å². The Morgan fingerprint density at radius 1 is 1.19 bits per heavy atom. The molecule has 5 rings (SSSR count). The molecule has 7 heteroatoms. The molecule has 1 fully saturated rings. The molecule has 0 spiro atoms. The molecule has 3 heterocycles. The number of piperidine rings is 1. The molecule has 1 atom stereocenters. The number of rotatable bonds is 3. The van der Waals surface area contributed by atoms with E-state index in [0.29, 0.717) is 12.1 Å². The lowest BCUT2D eigenvalue weighted by Gasteiger charge is -2.30. The molecule has 4 aromatic rings. The number of aryl methyl sites for hydroxylation is 2. The number of halogens is 1. The van der Waals surface area contributed by atoms with Gasteiger partial charge in [0.2, 0.25) is 0 Å². The van der Waals surface area contributed by atoms with Crippen LogP contribution in [0.15, 0.2) is 42.5 Å². The van der Waals surface area contributed by atoms with Crippen molar-refractivity contribution in [2.75, 3.05) is 13.1 Å². The number of hydrogen-bond acceptors (Lipinski definition) is 3. The number of amides is 1. The molecular weight excluding hydrogens is 393 g/mol. The predicted octanol–water partition coefficient (Wildman–Crippen LogP) is 3.92. The van der Waals surface area contributed by atoms with Crippen LogP contribution in [0.1, 0.15) is 30.1 Å². The molecule has 0 radical (unpaired) electrons. The Morgan fingerprint density at radius 3 is 2.77 bits per heavy atom. The lowest BCUT2D eigenvalue weighted by atomic mass is 10.1. The van der Waals surface area contributed by atoms with Gasteiger partial charge in [0.05, 0.1) is 16.7 Å². The van der Waals surface area contributed by atoms with E-state index in [9.17, 15) is 9.18 Å². The minimum atomic E-state index is -0.252. The van der Waals surface area contributed by atoms with E-state index >= 15 is 0 Å². The van der Waals surface area contributed by atoms with E-state index in [-0.39, 0.29) is 17.8 Å². The summed E-state index contributed by atoms with van der Waals surface area (Å²) in [7, 11) is 1.97. The SMILES string of the molecule is CCn1c(-c2nc3cc(C(=O)N4CCC[C@@H](N)C4)ccc3n2C)cc2cc(F)ccc21. The van der Waals surface area contributed by atoms with E-state index in [1.807, 2.05) is 40.8 Å². The number of aromatic nitrogens is 3. The van der Waals surface area contributed by atoms with Gasteiger partial charge in [-0.3, -0.25) is 4.79 Å². The first-order chi connectivity index (χ1) is 15.0. The summed E-state index contributed by atoms with van der Waals surface area (Å²) < 4.78 is 17.9. The highest BCUT2D eigenvalue weighted by atomic mass is 19.1. The van der Waals surface area contributed by atoms with Crippen LogP contribution in [-0.4, -0.2) is 44.1 Å². The van der Waals surface area contributed by atoms with Crippen LogP contribution in [0, 0.1) is 5.82 Å². The van der Waals surface area contributed by atoms with E-state index in [4.69, 9.17) is 10.7 Å². The molecule has 0 aliphatic carbocycles. The Kier molecular flexibility index (Phi) is 4.78. The third-order valence-electron chi connectivity index (χ3n) is 6.28. The third-order valence-corrected chi connectivity index (χ3v) is 6.28. The molecule has 0 bridgehead atoms. The van der Waals surface area contributed by atoms with Gasteiger partial charge in [-0.1, -0.05) is 0 Å². The summed E-state index contributed by atoms with van der Waals surface area (Å²) in [6.07, 6.45) is 1.90. The lowest BCUT2D eigenvalue weighted by molar-refractivity contribution is 0.0709. The summed E-state index contributed by atoms with van der Waals surface area (Å²) in [5.74, 6) is 0.540. The highest BCUT2D eigenvalue weighted by Gasteiger charge is 2.23. The van der Waals surface area contributed by atoms with E-state index < -0.39 is 0 Å². The van der Waals surface area contributed by atoms with Gasteiger partial charge in [-0.05, 0) is 62.2 Å². The number of nitrogens with zero attached hydrogens (tertiary/aromatic N) is 4. The summed E-state index contributed by atoms with van der Waals surface area (Å²) >= 11 is 0. The van der Waals surface area contributed by atoms with Crippen molar-refractivity contribution in [3.8, 4) is 11.5 Å². The second-order valence-corrected chi connectivity index (χ2v) is 8.33. The second-order valence-electron chi connectivity index (χ2n) is 8.33. The normalized spacial score (nSPS) is 17.0. The van der Waals surface area contributed by atoms with Gasteiger partial charge in [0.15, 0.2) is 5.82 Å². The fraction of sp³-hybridized carbons (Fsp3) is 0.333. The molecule has 0 saturated carbocycles. The average molecular weight is 420 g/mol. The van der Waals surface area contributed by atoms with Crippen LogP contribution in [0.4, 0.5) is 4.39 Å². The van der Waals surface area contributed by atoms with Crippen LogP contribution in [0.2, 0.25) is 0 Å². The van der Waals surface area contributed by atoms with Crippen molar-refractivity contribution < 1.29 is 9.18 Å². The largest absolute Gasteiger partial charge is 0.338 e. The van der Waals surface area contributed by atoms with Gasteiger partial charge < -0.3 is 19.8 Å². The zero-order chi connectivity index (χ0) is 21.7. The van der Waals surface area contributed by atoms with Gasteiger partial charge in [0.25, 0.3) is 5.91 Å². The fourth-order valence-electron chi connectivity index (χ4n) is 4.71. The van der Waals surface area contributed by atoms with E-state index in [0.717, 1.165) is 59.4 Å². The Bertz CT molecular complexity index is 1300. The Balaban J connectivity index is 1.58. The maximum absolute atomic E-state index is 13.8. The summed E-state index contributed by atoms with van der Waals surface area (Å²) in [5.41, 5.74) is 10.3. The fourth-order valence-corrected chi connectivity index (χ4v) is 4.71. The van der Waals surface area contributed by atoms with E-state index in [2.05, 4.69) is 11.5 Å². The van der Waals surface area contributed by atoms with Crippen LogP contribution < -0.4 is 5.73 Å². The van der Waals surface area contributed by atoms with E-state index in [1.54, 1.807) is 12.1 Å². The van der Waals surface area contributed by atoms with Gasteiger partial charge in [-0.2, -0.15) is 0 Å². The summed E-state index contributed by atoms with van der Waals surface area (Å²) in [4.78, 5) is 19.7. The van der Waals surface area contributed by atoms with Crippen LogP contribution in [0.25, 0.3) is 33.5 Å². The molecule has 1 aliphatic rings. The minimum Gasteiger partial charge on any atom is -0.338 e. The molecule has 2 aromatic carbocycles. The number of imidazole rings is 1. The molecule has 2 N–H and O–H groups in total. The minimum absolute atomic E-state index is 0.00222. The Labute approximate surface area is 180 Å². The van der Waals surface area contributed by atoms with Gasteiger partial charge in [-0.15, -0.1) is 0 Å². The second kappa shape index (κ2) is 7.50. The number of hydrogen-bond donors (Lipinski definition) is 1. The molecule has 2 aromatic heterocycles. The Hall–Kier alpha value is -3.19. The first kappa shape index (κ1) is 19.8. The van der Waals surface area contributed by atoms with Crippen molar-refractivity contribution in [2.24, 2.45) is 12.8 Å². The van der Waals surface area contributed by atoms with Crippen molar-refractivity contribution in [1.29, 1.82) is 0 Å². The van der Waals surface area contributed by atoms with Gasteiger partial charge >= 0.3 is 0 Å². The Morgan fingerprint density at radius 2 is 2.00 bits per heavy atom. The number of likely N-dealkylation sites (tertiary alicyclic amines) is 1. The molecule has 6 nitrogen and oxygen atoms in total. The highest BCUT2D eigenvalue weighted by molar-refractivity contribution is 5.98. The zero-order valence-corrected chi connectivity index (χ0v) is 17.8. The molecule has 1 aliphatic heterocycles. The van der Waals surface area contributed by atoms with Gasteiger partial charge in [0, 0.05) is 49.2 Å². The smallest absolute Gasteiger partial charge is 0.253 e. The topological polar surface area (TPSA) is 69.1 Å². The maximum atomic E-state index is 13.8. The molecule has 1 amide bonds. The standard InChI is InChI=1S/C24H26FN5O/c1-3-30-20-9-7-17(25)11-16(20)13-22(30)23-27-19-12-15(6-8-21(19)28(23)2)24(31)29-10-4-5-18(26)14-29/h6-9,11-13,18H,3-5,10,14,26H2,1-2H3/t18-/m1/s1. The van der Waals surface area contributed by atoms with Crippen LogP contribution >= 0.6 is 0 Å². The van der Waals surface area contributed by atoms with Crippen molar-refractivity contribution in [1.82, 2.24) is 19.0 Å². The van der Waals surface area contributed by atoms with E-state index in [1.165, 1.54) is 6.07 Å².